The van der Waals surface area contributed by atoms with Crippen molar-refractivity contribution >= 4 is 34.0 Å². The monoisotopic (exact) mass is 419 g/mol. The summed E-state index contributed by atoms with van der Waals surface area (Å²) >= 11 is 0. The quantitative estimate of drug-likeness (QED) is 0.511. The summed E-state index contributed by atoms with van der Waals surface area (Å²) in [6.07, 6.45) is 0. The molecule has 0 saturated carbocycles. The molecule has 160 valence electrons. The van der Waals surface area contributed by atoms with Crippen molar-refractivity contribution in [3.05, 3.63) is 69.3 Å². The molecule has 0 atom stereocenters. The van der Waals surface area contributed by atoms with E-state index in [0.29, 0.717) is 16.8 Å². The first-order valence-electron chi connectivity index (χ1n) is 10.2. The van der Waals surface area contributed by atoms with Crippen LogP contribution in [0.3, 0.4) is 0 Å². The average molecular weight is 419 g/mol. The molecule has 0 spiro atoms. The molecule has 2 aromatic carbocycles. The van der Waals surface area contributed by atoms with E-state index in [1.807, 2.05) is 18.2 Å². The first-order chi connectivity index (χ1) is 14.8. The van der Waals surface area contributed by atoms with Crippen molar-refractivity contribution in [2.75, 3.05) is 43.4 Å². The molecule has 8 nitrogen and oxygen atoms in total. The van der Waals surface area contributed by atoms with Crippen molar-refractivity contribution in [3.8, 4) is 0 Å². The Labute approximate surface area is 180 Å². The number of pyridine rings is 1. The maximum atomic E-state index is 12.6. The number of carbonyl (C=O) groups excluding carboxylic acids is 1. The second kappa shape index (κ2) is 8.31. The molecule has 0 aliphatic carbocycles. The predicted molar refractivity (Wildman–Crippen MR) is 122 cm³/mol. The minimum atomic E-state index is -0.452. The first-order valence-corrected chi connectivity index (χ1v) is 10.2. The van der Waals surface area contributed by atoms with Crippen molar-refractivity contribution in [1.29, 1.82) is 0 Å². The molecule has 31 heavy (non-hydrogen) atoms. The lowest BCUT2D eigenvalue weighted by Crippen LogP contribution is -2.44. The van der Waals surface area contributed by atoms with Crippen LogP contribution in [-0.2, 0) is 0 Å². The van der Waals surface area contributed by atoms with Crippen molar-refractivity contribution in [2.24, 2.45) is 0 Å². The molecule has 0 bridgehead atoms. The average Bonchev–Trinajstić information content (AvgIpc) is 2.74. The minimum absolute atomic E-state index is 0.000101. The van der Waals surface area contributed by atoms with Crippen LogP contribution in [-0.4, -0.2) is 53.9 Å². The lowest BCUT2D eigenvalue weighted by molar-refractivity contribution is -0.385. The number of rotatable bonds is 4. The van der Waals surface area contributed by atoms with E-state index < -0.39 is 4.92 Å². The zero-order chi connectivity index (χ0) is 22.1. The van der Waals surface area contributed by atoms with Gasteiger partial charge in [0.25, 0.3) is 11.6 Å². The number of fused-ring (bicyclic) bond motifs is 1. The fraction of sp³-hybridized carbons (Fsp3) is 0.304. The summed E-state index contributed by atoms with van der Waals surface area (Å²) in [5.74, 6) is 0.674. The van der Waals surface area contributed by atoms with Gasteiger partial charge in [0.2, 0.25) is 0 Å². The molecule has 1 aliphatic rings. The Morgan fingerprint density at radius 3 is 2.45 bits per heavy atom. The van der Waals surface area contributed by atoms with Crippen LogP contribution in [0.4, 0.5) is 17.2 Å². The molecule has 1 aromatic heterocycles. The maximum Gasteiger partial charge on any atom is 0.272 e. The third-order valence-corrected chi connectivity index (χ3v) is 5.74. The third kappa shape index (κ3) is 4.34. The number of piperazine rings is 1. The number of benzene rings is 2. The number of likely N-dealkylation sites (N-methyl/N-ethyl adjacent to an activating group) is 1. The molecule has 0 radical (unpaired) electrons. The lowest BCUT2D eigenvalue weighted by atomic mass is 10.1. The zero-order valence-electron chi connectivity index (χ0n) is 17.9. The van der Waals surface area contributed by atoms with Gasteiger partial charge in [0.1, 0.15) is 5.82 Å². The molecular weight excluding hydrogens is 394 g/mol. The molecule has 3 aromatic rings. The fourth-order valence-corrected chi connectivity index (χ4v) is 3.86. The van der Waals surface area contributed by atoms with Crippen LogP contribution in [0, 0.1) is 24.0 Å². The highest BCUT2D eigenvalue weighted by molar-refractivity contribution is 6.05. The van der Waals surface area contributed by atoms with Crippen LogP contribution in [0.5, 0.6) is 0 Å². The number of nitro groups is 1. The Bertz CT molecular complexity index is 1170. The van der Waals surface area contributed by atoms with Crippen LogP contribution in [0.2, 0.25) is 0 Å². The highest BCUT2D eigenvalue weighted by Crippen LogP contribution is 2.26. The van der Waals surface area contributed by atoms with E-state index >= 15 is 0 Å². The summed E-state index contributed by atoms with van der Waals surface area (Å²) in [6.45, 7) is 7.62. The minimum Gasteiger partial charge on any atom is -0.354 e. The summed E-state index contributed by atoms with van der Waals surface area (Å²) in [6, 6.07) is 12.1. The van der Waals surface area contributed by atoms with Gasteiger partial charge >= 0.3 is 0 Å². The standard InChI is InChI=1S/C23H25N5O3/c1-15-13-22(27-10-8-26(3)9-11-27)25-20-6-5-18(14-19(15)20)24-23(29)17-4-7-21(28(30)31)16(2)12-17/h4-7,12-14H,8-11H2,1-3H3,(H,24,29). The van der Waals surface area contributed by atoms with E-state index in [1.54, 1.807) is 6.92 Å². The van der Waals surface area contributed by atoms with Crippen molar-refractivity contribution in [3.63, 3.8) is 0 Å². The van der Waals surface area contributed by atoms with Crippen molar-refractivity contribution in [2.45, 2.75) is 13.8 Å². The summed E-state index contributed by atoms with van der Waals surface area (Å²) in [5, 5.41) is 14.8. The Balaban J connectivity index is 1.56. The largest absolute Gasteiger partial charge is 0.354 e. The van der Waals surface area contributed by atoms with Gasteiger partial charge in [0.15, 0.2) is 0 Å². The van der Waals surface area contributed by atoms with Gasteiger partial charge < -0.3 is 15.1 Å². The molecule has 1 aliphatic heterocycles. The topological polar surface area (TPSA) is 91.6 Å². The summed E-state index contributed by atoms with van der Waals surface area (Å²) in [5.41, 5.74) is 3.47. The number of amides is 1. The number of nitro benzene ring substituents is 1. The Morgan fingerprint density at radius 2 is 1.77 bits per heavy atom. The summed E-state index contributed by atoms with van der Waals surface area (Å²) in [7, 11) is 2.13. The summed E-state index contributed by atoms with van der Waals surface area (Å²) in [4.78, 5) is 32.6. The molecule has 1 N–H and O–H groups in total. The second-order valence-corrected chi connectivity index (χ2v) is 8.03. The number of aromatic nitrogens is 1. The van der Waals surface area contributed by atoms with Crippen LogP contribution >= 0.6 is 0 Å². The Morgan fingerprint density at radius 1 is 1.03 bits per heavy atom. The van der Waals surface area contributed by atoms with E-state index in [-0.39, 0.29) is 11.6 Å². The number of anilines is 2. The third-order valence-electron chi connectivity index (χ3n) is 5.74. The van der Waals surface area contributed by atoms with Crippen molar-refractivity contribution < 1.29 is 9.72 Å². The van der Waals surface area contributed by atoms with Crippen LogP contribution in [0.1, 0.15) is 21.5 Å². The van der Waals surface area contributed by atoms with Crippen LogP contribution in [0.25, 0.3) is 10.9 Å². The molecule has 2 heterocycles. The van der Waals surface area contributed by atoms with Gasteiger partial charge in [-0.3, -0.25) is 14.9 Å². The summed E-state index contributed by atoms with van der Waals surface area (Å²) < 4.78 is 0. The van der Waals surface area contributed by atoms with E-state index in [2.05, 4.69) is 35.2 Å². The van der Waals surface area contributed by atoms with Gasteiger partial charge in [-0.15, -0.1) is 0 Å². The predicted octanol–water partition coefficient (Wildman–Crippen LogP) is 3.76. The second-order valence-electron chi connectivity index (χ2n) is 8.03. The number of hydrogen-bond donors (Lipinski definition) is 1. The molecule has 1 amide bonds. The molecular formula is C23H25N5O3. The van der Waals surface area contributed by atoms with Crippen LogP contribution < -0.4 is 10.2 Å². The molecule has 4 rings (SSSR count). The highest BCUT2D eigenvalue weighted by atomic mass is 16.6. The highest BCUT2D eigenvalue weighted by Gasteiger charge is 2.17. The molecule has 1 saturated heterocycles. The van der Waals surface area contributed by atoms with E-state index in [4.69, 9.17) is 4.98 Å². The van der Waals surface area contributed by atoms with Gasteiger partial charge in [-0.25, -0.2) is 4.98 Å². The zero-order valence-corrected chi connectivity index (χ0v) is 17.9. The number of carbonyl (C=O) groups is 1. The fourth-order valence-electron chi connectivity index (χ4n) is 3.86. The Hall–Kier alpha value is -3.52. The van der Waals surface area contributed by atoms with Crippen molar-refractivity contribution in [1.82, 2.24) is 9.88 Å². The van der Waals surface area contributed by atoms with Gasteiger partial charge in [-0.05, 0) is 62.9 Å². The van der Waals surface area contributed by atoms with Gasteiger partial charge in [0, 0.05) is 54.4 Å². The first kappa shape index (κ1) is 20.7. The Kier molecular flexibility index (Phi) is 5.56. The smallest absolute Gasteiger partial charge is 0.272 e. The molecule has 1 fully saturated rings. The van der Waals surface area contributed by atoms with Crippen LogP contribution in [0.15, 0.2) is 42.5 Å². The number of nitrogens with one attached hydrogen (secondary N) is 1. The maximum absolute atomic E-state index is 12.6. The van der Waals surface area contributed by atoms with E-state index in [9.17, 15) is 14.9 Å². The van der Waals surface area contributed by atoms with E-state index in [1.165, 1.54) is 18.2 Å². The number of aryl methyl sites for hydroxylation is 2. The van der Waals surface area contributed by atoms with Gasteiger partial charge in [0.05, 0.1) is 10.4 Å². The van der Waals surface area contributed by atoms with Gasteiger partial charge in [-0.1, -0.05) is 0 Å². The molecule has 8 heteroatoms. The lowest BCUT2D eigenvalue weighted by Gasteiger charge is -2.33. The number of nitrogens with zero attached hydrogens (tertiary/aromatic N) is 4. The normalized spacial score (nSPS) is 14.6. The SMILES string of the molecule is Cc1cc(C(=O)Nc2ccc3nc(N4CCN(C)CC4)cc(C)c3c2)ccc1[N+](=O)[O-]. The number of hydrogen-bond acceptors (Lipinski definition) is 6. The molecule has 0 unspecified atom stereocenters. The van der Waals surface area contributed by atoms with Gasteiger partial charge in [-0.2, -0.15) is 0 Å². The van der Waals surface area contributed by atoms with E-state index in [0.717, 1.165) is 48.5 Å².